The molecule has 154 valence electrons. The molecule has 0 spiro atoms. The van der Waals surface area contributed by atoms with Gasteiger partial charge in [-0.3, -0.25) is 0 Å². The highest BCUT2D eigenvalue weighted by Gasteiger charge is 2.33. The molecule has 1 heterocycles. The third kappa shape index (κ3) is 4.09. The number of rotatable bonds is 6. The van der Waals surface area contributed by atoms with Gasteiger partial charge in [-0.1, -0.05) is 36.4 Å². The van der Waals surface area contributed by atoms with E-state index < -0.39 is 27.0 Å². The fraction of sp³-hybridized carbons (Fsp3) is 0.238. The summed E-state index contributed by atoms with van der Waals surface area (Å²) in [4.78, 5) is 1.97. The zero-order chi connectivity index (χ0) is 21.4. The fourth-order valence-corrected chi connectivity index (χ4v) is 4.99. The Labute approximate surface area is 167 Å². The molecule has 0 fully saturated rings. The predicted octanol–water partition coefficient (Wildman–Crippen LogP) is 4.83. The number of aromatic nitrogens is 1. The lowest BCUT2D eigenvalue weighted by Gasteiger charge is -2.18. The van der Waals surface area contributed by atoms with E-state index in [2.05, 4.69) is 6.58 Å². The van der Waals surface area contributed by atoms with Crippen molar-refractivity contribution in [1.29, 1.82) is 0 Å². The van der Waals surface area contributed by atoms with Crippen LogP contribution in [0.1, 0.15) is 21.9 Å². The van der Waals surface area contributed by atoms with Gasteiger partial charge >= 0.3 is 6.18 Å². The molecule has 4 nitrogen and oxygen atoms in total. The van der Waals surface area contributed by atoms with E-state index in [4.69, 9.17) is 0 Å². The predicted molar refractivity (Wildman–Crippen MR) is 108 cm³/mol. The van der Waals surface area contributed by atoms with Crippen LogP contribution < -0.4 is 0 Å². The molecular weight excluding hydrogens is 401 g/mol. The highest BCUT2D eigenvalue weighted by molar-refractivity contribution is 7.90. The van der Waals surface area contributed by atoms with Crippen molar-refractivity contribution in [1.82, 2.24) is 8.87 Å². The average molecular weight is 422 g/mol. The Balaban J connectivity index is 2.12. The topological polar surface area (TPSA) is 42.3 Å². The molecule has 2 aromatic carbocycles. The number of fused-ring (bicyclic) bond motifs is 1. The van der Waals surface area contributed by atoms with Gasteiger partial charge in [0.2, 0.25) is 10.0 Å². The number of alkyl halides is 3. The van der Waals surface area contributed by atoms with Crippen molar-refractivity contribution in [3.8, 4) is 0 Å². The Morgan fingerprint density at radius 2 is 1.83 bits per heavy atom. The number of nitrogens with zero attached hydrogens (tertiary/aromatic N) is 2. The first-order chi connectivity index (χ1) is 13.6. The summed E-state index contributed by atoms with van der Waals surface area (Å²) in [6.07, 6.45) is -1.98. The lowest BCUT2D eigenvalue weighted by molar-refractivity contribution is -0.137. The molecule has 1 unspecified atom stereocenters. The van der Waals surface area contributed by atoms with Crippen LogP contribution in [0.5, 0.6) is 0 Å². The van der Waals surface area contributed by atoms with Crippen molar-refractivity contribution in [2.75, 3.05) is 14.1 Å². The number of hydrogen-bond acceptors (Lipinski definition) is 3. The zero-order valence-corrected chi connectivity index (χ0v) is 16.8. The smallest absolute Gasteiger partial charge is 0.305 e. The third-order valence-corrected chi connectivity index (χ3v) is 6.60. The molecule has 0 amide bonds. The molecular formula is C21H21F3N2O2S. The molecule has 29 heavy (non-hydrogen) atoms. The van der Waals surface area contributed by atoms with Crippen LogP contribution in [0.15, 0.2) is 67.4 Å². The lowest BCUT2D eigenvalue weighted by Crippen LogP contribution is -2.20. The molecule has 0 saturated heterocycles. The fourth-order valence-electron chi connectivity index (χ4n) is 3.35. The maximum Gasteiger partial charge on any atom is 0.416 e. The van der Waals surface area contributed by atoms with Gasteiger partial charge in [0.15, 0.2) is 0 Å². The van der Waals surface area contributed by atoms with Crippen LogP contribution in [0.2, 0.25) is 0 Å². The van der Waals surface area contributed by atoms with Gasteiger partial charge < -0.3 is 4.90 Å². The van der Waals surface area contributed by atoms with Gasteiger partial charge in [0.05, 0.1) is 11.1 Å². The van der Waals surface area contributed by atoms with E-state index in [1.165, 1.54) is 18.3 Å². The van der Waals surface area contributed by atoms with Crippen LogP contribution in [0.25, 0.3) is 10.9 Å². The minimum Gasteiger partial charge on any atom is -0.305 e. The standard InChI is InChI=1S/C21H21F3N2O2S/c1-4-20(15-7-5-9-17(13-15)21(22,23)24)29(27,28)26-12-11-18-16(14-25(2)3)8-6-10-19(18)26/h4-13,20H,1,14H2,2-3H3. The minimum absolute atomic E-state index is 0.0149. The Hall–Kier alpha value is -2.58. The van der Waals surface area contributed by atoms with E-state index in [9.17, 15) is 21.6 Å². The summed E-state index contributed by atoms with van der Waals surface area (Å²) >= 11 is 0. The first-order valence-electron chi connectivity index (χ1n) is 8.83. The first kappa shape index (κ1) is 21.1. The maximum atomic E-state index is 13.3. The molecule has 0 bridgehead atoms. The summed E-state index contributed by atoms with van der Waals surface area (Å²) in [6.45, 7) is 4.19. The van der Waals surface area contributed by atoms with Gasteiger partial charge in [-0.25, -0.2) is 12.4 Å². The molecule has 0 radical (unpaired) electrons. The Morgan fingerprint density at radius 1 is 1.14 bits per heavy atom. The van der Waals surface area contributed by atoms with E-state index in [-0.39, 0.29) is 5.56 Å². The Morgan fingerprint density at radius 3 is 2.45 bits per heavy atom. The van der Waals surface area contributed by atoms with Crippen LogP contribution in [-0.2, 0) is 22.7 Å². The third-order valence-electron chi connectivity index (χ3n) is 4.63. The van der Waals surface area contributed by atoms with Gasteiger partial charge in [-0.2, -0.15) is 13.2 Å². The van der Waals surface area contributed by atoms with Crippen molar-refractivity contribution < 1.29 is 21.6 Å². The van der Waals surface area contributed by atoms with Gasteiger partial charge in [-0.15, -0.1) is 6.58 Å². The largest absolute Gasteiger partial charge is 0.416 e. The summed E-state index contributed by atoms with van der Waals surface area (Å²) in [7, 11) is -0.256. The number of benzene rings is 2. The van der Waals surface area contributed by atoms with Gasteiger partial charge in [-0.05, 0) is 43.4 Å². The van der Waals surface area contributed by atoms with E-state index in [1.54, 1.807) is 18.2 Å². The molecule has 3 aromatic rings. The normalized spacial score (nSPS) is 13.7. The minimum atomic E-state index is -4.56. The summed E-state index contributed by atoms with van der Waals surface area (Å²) < 4.78 is 67.0. The first-order valence-corrected chi connectivity index (χ1v) is 10.3. The molecule has 8 heteroatoms. The lowest BCUT2D eigenvalue weighted by atomic mass is 10.1. The summed E-state index contributed by atoms with van der Waals surface area (Å²) in [5.41, 5.74) is 0.544. The molecule has 0 aliphatic rings. The zero-order valence-electron chi connectivity index (χ0n) is 16.0. The SMILES string of the molecule is C=CC(c1cccc(C(F)(F)F)c1)S(=O)(=O)n1ccc2c(CN(C)C)cccc21. The highest BCUT2D eigenvalue weighted by atomic mass is 32.2. The van der Waals surface area contributed by atoms with E-state index >= 15 is 0 Å². The van der Waals surface area contributed by atoms with Crippen molar-refractivity contribution in [3.05, 3.63) is 84.1 Å². The molecule has 1 aromatic heterocycles. The monoisotopic (exact) mass is 422 g/mol. The molecule has 3 rings (SSSR count). The van der Waals surface area contributed by atoms with Crippen LogP contribution in [0, 0.1) is 0 Å². The van der Waals surface area contributed by atoms with E-state index in [1.807, 2.05) is 25.1 Å². The van der Waals surface area contributed by atoms with Crippen molar-refractivity contribution in [2.24, 2.45) is 0 Å². The van der Waals surface area contributed by atoms with Crippen LogP contribution in [-0.4, -0.2) is 31.4 Å². The number of halogens is 3. The van der Waals surface area contributed by atoms with Crippen molar-refractivity contribution >= 4 is 20.9 Å². The second-order valence-corrected chi connectivity index (χ2v) is 8.95. The summed E-state index contributed by atoms with van der Waals surface area (Å²) in [5.74, 6) is 0. The Kier molecular flexibility index (Phi) is 5.60. The quantitative estimate of drug-likeness (QED) is 0.535. The average Bonchev–Trinajstić information content (AvgIpc) is 3.07. The second-order valence-electron chi connectivity index (χ2n) is 7.02. The van der Waals surface area contributed by atoms with Gasteiger partial charge in [0, 0.05) is 18.1 Å². The maximum absolute atomic E-state index is 13.3. The van der Waals surface area contributed by atoms with Crippen molar-refractivity contribution in [3.63, 3.8) is 0 Å². The molecule has 0 aliphatic heterocycles. The van der Waals surface area contributed by atoms with E-state index in [0.29, 0.717) is 12.1 Å². The van der Waals surface area contributed by atoms with Crippen molar-refractivity contribution in [2.45, 2.75) is 18.0 Å². The van der Waals surface area contributed by atoms with Gasteiger partial charge in [0.25, 0.3) is 0 Å². The molecule has 0 aliphatic carbocycles. The summed E-state index contributed by atoms with van der Waals surface area (Å²) in [6, 6.07) is 11.4. The van der Waals surface area contributed by atoms with Crippen LogP contribution >= 0.6 is 0 Å². The van der Waals surface area contributed by atoms with E-state index in [0.717, 1.165) is 33.1 Å². The molecule has 0 saturated carbocycles. The van der Waals surface area contributed by atoms with Gasteiger partial charge in [0.1, 0.15) is 5.25 Å². The van der Waals surface area contributed by atoms with Crippen LogP contribution in [0.3, 0.4) is 0 Å². The highest BCUT2D eigenvalue weighted by Crippen LogP contribution is 2.34. The second kappa shape index (κ2) is 7.68. The number of hydrogen-bond donors (Lipinski definition) is 0. The summed E-state index contributed by atoms with van der Waals surface area (Å²) in [5, 5.41) is -0.547. The molecule has 1 atom stereocenters. The Bertz CT molecular complexity index is 1150. The van der Waals surface area contributed by atoms with Crippen LogP contribution in [0.4, 0.5) is 13.2 Å². The molecule has 0 N–H and O–H groups in total.